The molecule has 17 heavy (non-hydrogen) atoms. The molecule has 0 aliphatic carbocycles. The highest BCUT2D eigenvalue weighted by Gasteiger charge is 2.17. The Labute approximate surface area is 105 Å². The van der Waals surface area contributed by atoms with E-state index in [2.05, 4.69) is 5.32 Å². The number of benzene rings is 1. The Balaban J connectivity index is 2.01. The molecule has 1 saturated heterocycles. The fraction of sp³-hybridized carbons (Fsp3) is 0.417. The summed E-state index contributed by atoms with van der Waals surface area (Å²) < 4.78 is 5.23. The van der Waals surface area contributed by atoms with Crippen LogP contribution < -0.4 is 11.1 Å². The van der Waals surface area contributed by atoms with Gasteiger partial charge in [0.1, 0.15) is 0 Å². The molecule has 2 rings (SSSR count). The van der Waals surface area contributed by atoms with Gasteiger partial charge in [0.2, 0.25) is 0 Å². The summed E-state index contributed by atoms with van der Waals surface area (Å²) in [7, 11) is 0. The quantitative estimate of drug-likeness (QED) is 0.792. The van der Waals surface area contributed by atoms with Gasteiger partial charge < -0.3 is 15.8 Å². The van der Waals surface area contributed by atoms with Gasteiger partial charge in [-0.25, -0.2) is 0 Å². The van der Waals surface area contributed by atoms with Gasteiger partial charge >= 0.3 is 0 Å². The average Bonchev–Trinajstić information content (AvgIpc) is 2.34. The van der Waals surface area contributed by atoms with E-state index in [1.165, 1.54) is 0 Å². The molecule has 1 aliphatic heterocycles. The van der Waals surface area contributed by atoms with Crippen LogP contribution in [-0.2, 0) is 4.74 Å². The van der Waals surface area contributed by atoms with Gasteiger partial charge in [0.05, 0.1) is 10.7 Å². The van der Waals surface area contributed by atoms with E-state index >= 15 is 0 Å². The van der Waals surface area contributed by atoms with Crippen molar-refractivity contribution in [2.45, 2.75) is 18.9 Å². The smallest absolute Gasteiger partial charge is 0.251 e. The van der Waals surface area contributed by atoms with Gasteiger partial charge in [-0.15, -0.1) is 0 Å². The van der Waals surface area contributed by atoms with Crippen LogP contribution in [0.15, 0.2) is 18.2 Å². The van der Waals surface area contributed by atoms with Gasteiger partial charge in [-0.3, -0.25) is 4.79 Å². The van der Waals surface area contributed by atoms with Gasteiger partial charge in [-0.05, 0) is 31.0 Å². The minimum absolute atomic E-state index is 0.112. The lowest BCUT2D eigenvalue weighted by Gasteiger charge is -2.23. The van der Waals surface area contributed by atoms with Crippen molar-refractivity contribution in [1.29, 1.82) is 0 Å². The standard InChI is InChI=1S/C12H15ClN2O2/c13-10-7-8(1-2-11(10)14)12(16)15-9-3-5-17-6-4-9/h1-2,7,9H,3-6,14H2,(H,15,16). The third kappa shape index (κ3) is 3.11. The summed E-state index contributed by atoms with van der Waals surface area (Å²) in [5, 5.41) is 3.37. The average molecular weight is 255 g/mol. The highest BCUT2D eigenvalue weighted by atomic mass is 35.5. The zero-order valence-electron chi connectivity index (χ0n) is 9.41. The molecular weight excluding hydrogens is 240 g/mol. The lowest BCUT2D eigenvalue weighted by Crippen LogP contribution is -2.38. The Bertz CT molecular complexity index is 417. The van der Waals surface area contributed by atoms with Crippen LogP contribution >= 0.6 is 11.6 Å². The minimum Gasteiger partial charge on any atom is -0.398 e. The number of hydrogen-bond donors (Lipinski definition) is 2. The molecule has 1 aliphatic rings. The second kappa shape index (κ2) is 5.38. The third-order valence-corrected chi connectivity index (χ3v) is 3.15. The molecule has 0 saturated carbocycles. The lowest BCUT2D eigenvalue weighted by atomic mass is 10.1. The largest absolute Gasteiger partial charge is 0.398 e. The topological polar surface area (TPSA) is 64.4 Å². The lowest BCUT2D eigenvalue weighted by molar-refractivity contribution is 0.0696. The summed E-state index contributed by atoms with van der Waals surface area (Å²) in [5.41, 5.74) is 6.61. The number of rotatable bonds is 2. The molecule has 0 aromatic heterocycles. The fourth-order valence-corrected chi connectivity index (χ4v) is 1.96. The van der Waals surface area contributed by atoms with Crippen molar-refractivity contribution >= 4 is 23.2 Å². The van der Waals surface area contributed by atoms with Gasteiger partial charge in [0.15, 0.2) is 0 Å². The van der Waals surface area contributed by atoms with Gasteiger partial charge in [-0.1, -0.05) is 11.6 Å². The minimum atomic E-state index is -0.112. The Morgan fingerprint density at radius 3 is 2.76 bits per heavy atom. The number of carbonyl (C=O) groups is 1. The highest BCUT2D eigenvalue weighted by Crippen LogP contribution is 2.19. The molecule has 92 valence electrons. The van der Waals surface area contributed by atoms with Crippen LogP contribution in [0.25, 0.3) is 0 Å². The third-order valence-electron chi connectivity index (χ3n) is 2.82. The number of nitrogens with two attached hydrogens (primary N) is 1. The maximum absolute atomic E-state index is 11.9. The Morgan fingerprint density at radius 2 is 2.12 bits per heavy atom. The van der Waals surface area contributed by atoms with E-state index in [9.17, 15) is 4.79 Å². The molecule has 3 N–H and O–H groups in total. The Hall–Kier alpha value is -1.26. The Morgan fingerprint density at radius 1 is 1.41 bits per heavy atom. The molecule has 1 aromatic carbocycles. The van der Waals surface area contributed by atoms with Crippen LogP contribution in [0.3, 0.4) is 0 Å². The monoisotopic (exact) mass is 254 g/mol. The first-order valence-electron chi connectivity index (χ1n) is 5.60. The summed E-state index contributed by atoms with van der Waals surface area (Å²) in [6.07, 6.45) is 1.71. The number of carbonyl (C=O) groups excluding carboxylic acids is 1. The normalized spacial score (nSPS) is 16.8. The van der Waals surface area contributed by atoms with Crippen LogP contribution in [-0.4, -0.2) is 25.2 Å². The zero-order valence-corrected chi connectivity index (χ0v) is 10.2. The van der Waals surface area contributed by atoms with E-state index in [0.29, 0.717) is 29.5 Å². The van der Waals surface area contributed by atoms with E-state index in [1.54, 1.807) is 18.2 Å². The van der Waals surface area contributed by atoms with E-state index in [-0.39, 0.29) is 11.9 Å². The maximum atomic E-state index is 11.9. The van der Waals surface area contributed by atoms with Gasteiger partial charge in [0.25, 0.3) is 5.91 Å². The molecule has 0 bridgehead atoms. The predicted molar refractivity (Wildman–Crippen MR) is 67.2 cm³/mol. The van der Waals surface area contributed by atoms with Crippen molar-refractivity contribution < 1.29 is 9.53 Å². The van der Waals surface area contributed by atoms with E-state index in [4.69, 9.17) is 22.1 Å². The number of halogens is 1. The number of anilines is 1. The molecule has 0 radical (unpaired) electrons. The molecule has 0 atom stereocenters. The van der Waals surface area contributed by atoms with Crippen molar-refractivity contribution in [3.05, 3.63) is 28.8 Å². The number of ether oxygens (including phenoxy) is 1. The molecule has 4 nitrogen and oxygen atoms in total. The van der Waals surface area contributed by atoms with Crippen molar-refractivity contribution in [2.75, 3.05) is 18.9 Å². The summed E-state index contributed by atoms with van der Waals surface area (Å²) in [5.74, 6) is -0.112. The second-order valence-corrected chi connectivity index (χ2v) is 4.50. The summed E-state index contributed by atoms with van der Waals surface area (Å²) in [6, 6.07) is 5.09. The van der Waals surface area contributed by atoms with Crippen LogP contribution in [0.5, 0.6) is 0 Å². The molecule has 1 heterocycles. The van der Waals surface area contributed by atoms with Crippen molar-refractivity contribution in [1.82, 2.24) is 5.32 Å². The van der Waals surface area contributed by atoms with Crippen LogP contribution in [0.1, 0.15) is 23.2 Å². The Kier molecular flexibility index (Phi) is 3.86. The van der Waals surface area contributed by atoms with E-state index in [0.717, 1.165) is 12.8 Å². The van der Waals surface area contributed by atoms with Gasteiger partial charge in [0, 0.05) is 24.8 Å². The SMILES string of the molecule is Nc1ccc(C(=O)NC2CCOCC2)cc1Cl. The molecule has 0 unspecified atom stereocenters. The molecule has 1 amide bonds. The number of hydrogen-bond acceptors (Lipinski definition) is 3. The molecule has 0 spiro atoms. The summed E-state index contributed by atoms with van der Waals surface area (Å²) in [4.78, 5) is 11.9. The highest BCUT2D eigenvalue weighted by molar-refractivity contribution is 6.33. The fourth-order valence-electron chi connectivity index (χ4n) is 1.78. The molecule has 1 aromatic rings. The van der Waals surface area contributed by atoms with Crippen LogP contribution in [0, 0.1) is 0 Å². The zero-order chi connectivity index (χ0) is 12.3. The van der Waals surface area contributed by atoms with Crippen LogP contribution in [0.2, 0.25) is 5.02 Å². The van der Waals surface area contributed by atoms with Crippen molar-refractivity contribution in [3.8, 4) is 0 Å². The first kappa shape index (κ1) is 12.2. The summed E-state index contributed by atoms with van der Waals surface area (Å²) >= 11 is 5.88. The number of amides is 1. The van der Waals surface area contributed by atoms with E-state index < -0.39 is 0 Å². The van der Waals surface area contributed by atoms with Crippen molar-refractivity contribution in [2.24, 2.45) is 0 Å². The molecule has 1 fully saturated rings. The first-order valence-corrected chi connectivity index (χ1v) is 5.98. The van der Waals surface area contributed by atoms with E-state index in [1.807, 2.05) is 0 Å². The number of nitrogens with one attached hydrogen (secondary N) is 1. The van der Waals surface area contributed by atoms with Gasteiger partial charge in [-0.2, -0.15) is 0 Å². The summed E-state index contributed by atoms with van der Waals surface area (Å²) in [6.45, 7) is 1.40. The predicted octanol–water partition coefficient (Wildman–Crippen LogP) is 1.83. The first-order chi connectivity index (χ1) is 8.16. The second-order valence-electron chi connectivity index (χ2n) is 4.10. The number of nitrogen functional groups attached to an aromatic ring is 1. The maximum Gasteiger partial charge on any atom is 0.251 e. The molecular formula is C12H15ClN2O2. The van der Waals surface area contributed by atoms with Crippen LogP contribution in [0.4, 0.5) is 5.69 Å². The van der Waals surface area contributed by atoms with Crippen molar-refractivity contribution in [3.63, 3.8) is 0 Å². The molecule has 5 heteroatoms.